The van der Waals surface area contributed by atoms with Crippen LogP contribution in [0.3, 0.4) is 0 Å². The summed E-state index contributed by atoms with van der Waals surface area (Å²) in [5.74, 6) is 3.71. The van der Waals surface area contributed by atoms with Gasteiger partial charge in [-0.2, -0.15) is 0 Å². The molecule has 1 N–H and O–H groups in total. The molecular formula is C18H30N2. The molecule has 0 aromatic rings. The topological polar surface area (TPSA) is 15.3 Å². The second kappa shape index (κ2) is 5.04. The van der Waals surface area contributed by atoms with Gasteiger partial charge < -0.3 is 5.32 Å². The summed E-state index contributed by atoms with van der Waals surface area (Å²) in [6, 6.07) is 1.41. The van der Waals surface area contributed by atoms with E-state index in [1.54, 1.807) is 0 Å². The lowest BCUT2D eigenvalue weighted by Gasteiger charge is -2.46. The number of likely N-dealkylation sites (tertiary alicyclic amines) is 1. The lowest BCUT2D eigenvalue weighted by Crippen LogP contribution is -2.55. The Bertz CT molecular complexity index is 395. The predicted molar refractivity (Wildman–Crippen MR) is 84.4 cm³/mol. The third-order valence-electron chi connectivity index (χ3n) is 6.57. The van der Waals surface area contributed by atoms with Gasteiger partial charge in [-0.15, -0.1) is 6.42 Å². The third kappa shape index (κ3) is 2.30. The number of terminal acetylenes is 1. The molecule has 3 rings (SSSR count). The van der Waals surface area contributed by atoms with Crippen LogP contribution in [-0.2, 0) is 0 Å². The minimum atomic E-state index is 0.475. The molecule has 3 aliphatic rings. The van der Waals surface area contributed by atoms with Gasteiger partial charge in [-0.3, -0.25) is 4.90 Å². The fourth-order valence-corrected chi connectivity index (χ4v) is 5.34. The molecule has 20 heavy (non-hydrogen) atoms. The predicted octanol–water partition coefficient (Wildman–Crippen LogP) is 2.89. The average Bonchev–Trinajstić information content (AvgIpc) is 2.88. The summed E-state index contributed by atoms with van der Waals surface area (Å²) in [6.07, 6.45) is 12.2. The largest absolute Gasteiger partial charge is 0.310 e. The Balaban J connectivity index is 1.60. The van der Waals surface area contributed by atoms with Crippen molar-refractivity contribution in [3.05, 3.63) is 0 Å². The molecule has 3 atom stereocenters. The van der Waals surface area contributed by atoms with E-state index in [0.29, 0.717) is 22.9 Å². The maximum absolute atomic E-state index is 5.41. The van der Waals surface area contributed by atoms with Crippen molar-refractivity contribution >= 4 is 0 Å². The van der Waals surface area contributed by atoms with Crippen molar-refractivity contribution < 1.29 is 0 Å². The maximum Gasteiger partial charge on any atom is 0.0598 e. The van der Waals surface area contributed by atoms with E-state index < -0.39 is 0 Å². The first kappa shape index (κ1) is 14.4. The lowest BCUT2D eigenvalue weighted by molar-refractivity contribution is 0.0851. The van der Waals surface area contributed by atoms with Gasteiger partial charge in [-0.05, 0) is 48.9 Å². The minimum Gasteiger partial charge on any atom is -0.310 e. The molecule has 1 saturated heterocycles. The smallest absolute Gasteiger partial charge is 0.0598 e. The van der Waals surface area contributed by atoms with Crippen LogP contribution in [0.2, 0.25) is 0 Å². The summed E-state index contributed by atoms with van der Waals surface area (Å²) >= 11 is 0. The van der Waals surface area contributed by atoms with Crippen molar-refractivity contribution in [1.82, 2.24) is 10.2 Å². The molecule has 112 valence electrons. The first-order valence-electron chi connectivity index (χ1n) is 8.37. The van der Waals surface area contributed by atoms with Crippen LogP contribution in [0, 0.1) is 29.1 Å². The Morgan fingerprint density at radius 1 is 1.20 bits per heavy atom. The molecule has 2 heteroatoms. The highest BCUT2D eigenvalue weighted by Crippen LogP contribution is 2.62. The quantitative estimate of drug-likeness (QED) is 0.796. The molecule has 2 nitrogen and oxygen atoms in total. The first-order valence-corrected chi connectivity index (χ1v) is 8.37. The molecule has 2 bridgehead atoms. The van der Waals surface area contributed by atoms with E-state index in [2.05, 4.69) is 36.9 Å². The lowest BCUT2D eigenvalue weighted by atomic mass is 9.68. The normalized spacial score (nSPS) is 40.9. The summed E-state index contributed by atoms with van der Waals surface area (Å²) in [6.45, 7) is 10.7. The van der Waals surface area contributed by atoms with Gasteiger partial charge in [0.1, 0.15) is 0 Å². The van der Waals surface area contributed by atoms with Gasteiger partial charge in [-0.1, -0.05) is 26.7 Å². The van der Waals surface area contributed by atoms with E-state index in [1.807, 2.05) is 0 Å². The fourth-order valence-electron chi connectivity index (χ4n) is 5.34. The van der Waals surface area contributed by atoms with E-state index in [4.69, 9.17) is 6.42 Å². The fraction of sp³-hybridized carbons (Fsp3) is 0.889. The van der Waals surface area contributed by atoms with Crippen LogP contribution in [0.4, 0.5) is 0 Å². The number of nitrogens with zero attached hydrogens (tertiary/aromatic N) is 1. The average molecular weight is 274 g/mol. The number of nitrogens with one attached hydrogen (secondary N) is 1. The van der Waals surface area contributed by atoms with Crippen molar-refractivity contribution in [3.8, 4) is 12.3 Å². The monoisotopic (exact) mass is 274 g/mol. The number of piperidine rings is 1. The zero-order valence-electron chi connectivity index (χ0n) is 13.4. The van der Waals surface area contributed by atoms with E-state index >= 15 is 0 Å². The summed E-state index contributed by atoms with van der Waals surface area (Å²) in [4.78, 5) is 2.41. The van der Waals surface area contributed by atoms with Gasteiger partial charge in [0.15, 0.2) is 0 Å². The Labute approximate surface area is 124 Å². The molecule has 0 radical (unpaired) electrons. The molecule has 1 aliphatic heterocycles. The van der Waals surface area contributed by atoms with E-state index in [-0.39, 0.29) is 0 Å². The molecule has 0 amide bonds. The SMILES string of the molecule is C#CCN1CCC(NC2C3(C)CCC(C3)C2(C)C)CC1. The zero-order chi connectivity index (χ0) is 14.4. The van der Waals surface area contributed by atoms with Gasteiger partial charge in [-0.25, -0.2) is 0 Å². The van der Waals surface area contributed by atoms with Gasteiger partial charge >= 0.3 is 0 Å². The molecule has 1 heterocycles. The summed E-state index contributed by atoms with van der Waals surface area (Å²) in [7, 11) is 0. The molecule has 3 fully saturated rings. The van der Waals surface area contributed by atoms with Gasteiger partial charge in [0, 0.05) is 25.2 Å². The van der Waals surface area contributed by atoms with Crippen molar-refractivity contribution in [1.29, 1.82) is 0 Å². The molecule has 0 spiro atoms. The van der Waals surface area contributed by atoms with Crippen molar-refractivity contribution in [2.75, 3.05) is 19.6 Å². The third-order valence-corrected chi connectivity index (χ3v) is 6.57. The molecular weight excluding hydrogens is 244 g/mol. The number of hydrogen-bond donors (Lipinski definition) is 1. The standard InChI is InChI=1S/C18H30N2/c1-5-10-20-11-7-15(8-12-20)19-16-17(2,3)14-6-9-18(16,4)13-14/h1,14-16,19H,6-13H2,2-4H3. The van der Waals surface area contributed by atoms with Crippen LogP contribution in [0.1, 0.15) is 52.9 Å². The Morgan fingerprint density at radius 2 is 1.90 bits per heavy atom. The van der Waals surface area contributed by atoms with Crippen LogP contribution in [0.15, 0.2) is 0 Å². The number of hydrogen-bond acceptors (Lipinski definition) is 2. The van der Waals surface area contributed by atoms with Crippen LogP contribution in [0.25, 0.3) is 0 Å². The highest BCUT2D eigenvalue weighted by Gasteiger charge is 2.59. The summed E-state index contributed by atoms with van der Waals surface area (Å²) < 4.78 is 0. The molecule has 2 aliphatic carbocycles. The van der Waals surface area contributed by atoms with Crippen molar-refractivity contribution in [3.63, 3.8) is 0 Å². The molecule has 0 aromatic carbocycles. The molecule has 2 saturated carbocycles. The van der Waals surface area contributed by atoms with Gasteiger partial charge in [0.25, 0.3) is 0 Å². The van der Waals surface area contributed by atoms with Gasteiger partial charge in [0.05, 0.1) is 6.54 Å². The number of fused-ring (bicyclic) bond motifs is 2. The van der Waals surface area contributed by atoms with Crippen molar-refractivity contribution in [2.24, 2.45) is 16.7 Å². The Hall–Kier alpha value is -0.520. The van der Waals surface area contributed by atoms with Crippen LogP contribution < -0.4 is 5.32 Å². The molecule has 0 aromatic heterocycles. The number of rotatable bonds is 3. The molecule has 3 unspecified atom stereocenters. The van der Waals surface area contributed by atoms with Crippen LogP contribution in [0.5, 0.6) is 0 Å². The Morgan fingerprint density at radius 3 is 2.45 bits per heavy atom. The first-order chi connectivity index (χ1) is 9.45. The second-order valence-corrected chi connectivity index (χ2v) is 8.27. The summed E-state index contributed by atoms with van der Waals surface area (Å²) in [5, 5.41) is 4.06. The maximum atomic E-state index is 5.41. The van der Waals surface area contributed by atoms with E-state index in [0.717, 1.165) is 25.6 Å². The van der Waals surface area contributed by atoms with Crippen LogP contribution in [-0.4, -0.2) is 36.6 Å². The Kier molecular flexibility index (Phi) is 3.63. The highest BCUT2D eigenvalue weighted by molar-refractivity contribution is 5.12. The minimum absolute atomic E-state index is 0.475. The van der Waals surface area contributed by atoms with E-state index in [1.165, 1.54) is 32.1 Å². The summed E-state index contributed by atoms with van der Waals surface area (Å²) in [5.41, 5.74) is 1.02. The van der Waals surface area contributed by atoms with Crippen molar-refractivity contribution in [2.45, 2.75) is 65.0 Å². The second-order valence-electron chi connectivity index (χ2n) is 8.27. The van der Waals surface area contributed by atoms with E-state index in [9.17, 15) is 0 Å². The zero-order valence-corrected chi connectivity index (χ0v) is 13.4. The van der Waals surface area contributed by atoms with Crippen LogP contribution >= 0.6 is 0 Å². The highest BCUT2D eigenvalue weighted by atomic mass is 15.1. The van der Waals surface area contributed by atoms with Gasteiger partial charge in [0.2, 0.25) is 0 Å².